The fourth-order valence-electron chi connectivity index (χ4n) is 6.91. The zero-order valence-electron chi connectivity index (χ0n) is 20.5. The summed E-state index contributed by atoms with van der Waals surface area (Å²) in [4.78, 5) is 0. The first-order valence-electron chi connectivity index (χ1n) is 12.6. The number of aliphatic hydroxyl groups excluding tert-OH is 2. The van der Waals surface area contributed by atoms with Gasteiger partial charge in [-0.3, -0.25) is 0 Å². The van der Waals surface area contributed by atoms with E-state index >= 15 is 0 Å². The summed E-state index contributed by atoms with van der Waals surface area (Å²) in [6.07, 6.45) is 13.4. The van der Waals surface area contributed by atoms with Crippen LogP contribution in [0, 0.1) is 29.1 Å². The zero-order valence-corrected chi connectivity index (χ0v) is 20.5. The van der Waals surface area contributed by atoms with Crippen LogP contribution in [0.5, 0.6) is 0 Å². The van der Waals surface area contributed by atoms with Crippen LogP contribution in [0.15, 0.2) is 35.5 Å². The van der Waals surface area contributed by atoms with Gasteiger partial charge in [-0.05, 0) is 93.1 Å². The van der Waals surface area contributed by atoms with E-state index in [4.69, 9.17) is 0 Å². The predicted molar refractivity (Wildman–Crippen MR) is 129 cm³/mol. The maximum absolute atomic E-state index is 10.4. The SMILES string of the molecule is C=C1C(=CC=C2CCC[C@@]3(C)C2CC[C@@H]3[C@H](C)CCCC(C)(C)O)C[C@@H](O)[C@@H](C)[C@@H]1O. The predicted octanol–water partition coefficient (Wildman–Crippen LogP) is 5.95. The van der Waals surface area contributed by atoms with Crippen LogP contribution in [0.25, 0.3) is 0 Å². The van der Waals surface area contributed by atoms with Crippen LogP contribution in [0.2, 0.25) is 0 Å². The maximum atomic E-state index is 10.4. The third kappa shape index (κ3) is 5.37. The second kappa shape index (κ2) is 9.53. The first-order valence-corrected chi connectivity index (χ1v) is 12.6. The molecule has 3 saturated carbocycles. The van der Waals surface area contributed by atoms with Gasteiger partial charge in [0.05, 0.1) is 17.8 Å². The fourth-order valence-corrected chi connectivity index (χ4v) is 6.91. The lowest BCUT2D eigenvalue weighted by Gasteiger charge is -2.44. The zero-order chi connectivity index (χ0) is 23.0. The number of fused-ring (bicyclic) bond motifs is 1. The van der Waals surface area contributed by atoms with Crippen LogP contribution in [-0.2, 0) is 0 Å². The average Bonchev–Trinajstić information content (AvgIpc) is 3.04. The van der Waals surface area contributed by atoms with E-state index in [1.807, 2.05) is 20.8 Å². The third-order valence-electron chi connectivity index (χ3n) is 8.97. The van der Waals surface area contributed by atoms with E-state index in [0.717, 1.165) is 36.3 Å². The van der Waals surface area contributed by atoms with Crippen molar-refractivity contribution in [1.29, 1.82) is 0 Å². The Hall–Kier alpha value is -0.900. The van der Waals surface area contributed by atoms with E-state index in [1.165, 1.54) is 32.1 Å². The molecule has 7 atom stereocenters. The molecule has 3 fully saturated rings. The second-order valence-electron chi connectivity index (χ2n) is 11.8. The Kier molecular flexibility index (Phi) is 7.61. The van der Waals surface area contributed by atoms with Gasteiger partial charge in [0.2, 0.25) is 0 Å². The summed E-state index contributed by atoms with van der Waals surface area (Å²) in [6.45, 7) is 14.8. The van der Waals surface area contributed by atoms with Crippen molar-refractivity contribution in [3.8, 4) is 0 Å². The number of hydrogen-bond donors (Lipinski definition) is 3. The van der Waals surface area contributed by atoms with Gasteiger partial charge in [0.25, 0.3) is 0 Å². The molecule has 0 saturated heterocycles. The topological polar surface area (TPSA) is 60.7 Å². The second-order valence-corrected chi connectivity index (χ2v) is 11.8. The molecular weight excluding hydrogens is 384 g/mol. The molecule has 0 heterocycles. The van der Waals surface area contributed by atoms with E-state index in [-0.39, 0.29) is 5.92 Å². The van der Waals surface area contributed by atoms with Crippen molar-refractivity contribution in [3.63, 3.8) is 0 Å². The highest BCUT2D eigenvalue weighted by atomic mass is 16.3. The Labute approximate surface area is 190 Å². The fraction of sp³-hybridized carbons (Fsp3) is 0.786. The molecule has 0 spiro atoms. The standard InChI is InChI=1S/C28H46O3/c1-18(9-7-15-27(4,5)31)23-13-14-24-21(10-8-16-28(23,24)6)11-12-22-17-25(29)20(3)26(30)19(22)2/h11-12,18,20,23-26,29-31H,2,7-10,13-17H2,1,3-6H3/t18-,20-,23-,24?,25-,26-,28-/m1/s1. The van der Waals surface area contributed by atoms with Gasteiger partial charge in [-0.15, -0.1) is 0 Å². The van der Waals surface area contributed by atoms with Crippen LogP contribution in [-0.4, -0.2) is 33.1 Å². The first-order chi connectivity index (χ1) is 14.4. The Balaban J connectivity index is 1.71. The molecule has 31 heavy (non-hydrogen) atoms. The molecule has 3 aliphatic rings. The lowest BCUT2D eigenvalue weighted by molar-refractivity contribution is 0.0283. The molecule has 3 N–H and O–H groups in total. The lowest BCUT2D eigenvalue weighted by Crippen LogP contribution is -2.36. The molecule has 3 heteroatoms. The molecule has 3 nitrogen and oxygen atoms in total. The van der Waals surface area contributed by atoms with Gasteiger partial charge in [0.1, 0.15) is 0 Å². The number of aliphatic hydroxyl groups is 3. The largest absolute Gasteiger partial charge is 0.392 e. The molecule has 1 unspecified atom stereocenters. The molecule has 0 radical (unpaired) electrons. The molecular formula is C28H46O3. The van der Waals surface area contributed by atoms with Gasteiger partial charge in [-0.2, -0.15) is 0 Å². The van der Waals surface area contributed by atoms with Crippen molar-refractivity contribution < 1.29 is 15.3 Å². The van der Waals surface area contributed by atoms with Gasteiger partial charge in [-0.1, -0.05) is 57.9 Å². The molecule has 0 aromatic heterocycles. The summed E-state index contributed by atoms with van der Waals surface area (Å²) >= 11 is 0. The van der Waals surface area contributed by atoms with Crippen molar-refractivity contribution in [2.75, 3.05) is 0 Å². The number of allylic oxidation sites excluding steroid dienone is 3. The Morgan fingerprint density at radius 1 is 1.23 bits per heavy atom. The highest BCUT2D eigenvalue weighted by Gasteiger charge is 2.50. The summed E-state index contributed by atoms with van der Waals surface area (Å²) in [5.74, 6) is 1.94. The quantitative estimate of drug-likeness (QED) is 0.488. The summed E-state index contributed by atoms with van der Waals surface area (Å²) in [5.41, 5.74) is 3.15. The lowest BCUT2D eigenvalue weighted by atomic mass is 9.60. The maximum Gasteiger partial charge on any atom is 0.0837 e. The van der Waals surface area contributed by atoms with Gasteiger partial charge in [0.15, 0.2) is 0 Å². The van der Waals surface area contributed by atoms with E-state index in [0.29, 0.717) is 23.7 Å². The van der Waals surface area contributed by atoms with E-state index < -0.39 is 17.8 Å². The Morgan fingerprint density at radius 2 is 1.94 bits per heavy atom. The number of hydrogen-bond acceptors (Lipinski definition) is 3. The van der Waals surface area contributed by atoms with Gasteiger partial charge < -0.3 is 15.3 Å². The minimum absolute atomic E-state index is 0.149. The normalized spacial score (nSPS) is 40.4. The average molecular weight is 431 g/mol. The summed E-state index contributed by atoms with van der Waals surface area (Å²) in [7, 11) is 0. The molecule has 176 valence electrons. The van der Waals surface area contributed by atoms with Gasteiger partial charge >= 0.3 is 0 Å². The molecule has 0 amide bonds. The number of rotatable bonds is 6. The van der Waals surface area contributed by atoms with Crippen LogP contribution in [0.3, 0.4) is 0 Å². The molecule has 3 rings (SSSR count). The van der Waals surface area contributed by atoms with Crippen molar-refractivity contribution in [2.24, 2.45) is 29.1 Å². The molecule has 0 aromatic carbocycles. The first kappa shape index (κ1) is 24.7. The van der Waals surface area contributed by atoms with Crippen LogP contribution in [0.1, 0.15) is 92.4 Å². The molecule has 3 aliphatic carbocycles. The minimum atomic E-state index is -0.648. The van der Waals surface area contributed by atoms with Crippen molar-refractivity contribution in [1.82, 2.24) is 0 Å². The Morgan fingerprint density at radius 3 is 2.61 bits per heavy atom. The summed E-state index contributed by atoms with van der Waals surface area (Å²) in [5, 5.41) is 30.7. The summed E-state index contributed by atoms with van der Waals surface area (Å²) < 4.78 is 0. The third-order valence-corrected chi connectivity index (χ3v) is 8.97. The van der Waals surface area contributed by atoms with Crippen LogP contribution in [0.4, 0.5) is 0 Å². The Bertz CT molecular complexity index is 712. The molecule has 0 bridgehead atoms. The van der Waals surface area contributed by atoms with Crippen LogP contribution >= 0.6 is 0 Å². The highest BCUT2D eigenvalue weighted by molar-refractivity contribution is 5.39. The van der Waals surface area contributed by atoms with E-state index in [1.54, 1.807) is 5.57 Å². The van der Waals surface area contributed by atoms with E-state index in [2.05, 4.69) is 32.6 Å². The smallest absolute Gasteiger partial charge is 0.0837 e. The van der Waals surface area contributed by atoms with Crippen molar-refractivity contribution in [2.45, 2.75) is 110 Å². The van der Waals surface area contributed by atoms with E-state index in [9.17, 15) is 15.3 Å². The van der Waals surface area contributed by atoms with Crippen molar-refractivity contribution in [3.05, 3.63) is 35.5 Å². The minimum Gasteiger partial charge on any atom is -0.392 e. The summed E-state index contributed by atoms with van der Waals surface area (Å²) in [6, 6.07) is 0. The monoisotopic (exact) mass is 430 g/mol. The molecule has 0 aromatic rings. The van der Waals surface area contributed by atoms with Crippen molar-refractivity contribution >= 4 is 0 Å². The highest BCUT2D eigenvalue weighted by Crippen LogP contribution is 2.60. The van der Waals surface area contributed by atoms with Crippen LogP contribution < -0.4 is 0 Å². The molecule has 0 aliphatic heterocycles. The van der Waals surface area contributed by atoms with Gasteiger partial charge in [0, 0.05) is 5.92 Å². The van der Waals surface area contributed by atoms with Gasteiger partial charge in [-0.25, -0.2) is 0 Å².